The second-order valence-corrected chi connectivity index (χ2v) is 7.36. The number of nitrogens with zero attached hydrogens (tertiary/aromatic N) is 2. The number of H-pyrrole nitrogens is 1. The molecule has 0 radical (unpaired) electrons. The Bertz CT molecular complexity index is 1090. The minimum absolute atomic E-state index is 0.00108. The number of rotatable bonds is 4. The number of aromatic amines is 1. The summed E-state index contributed by atoms with van der Waals surface area (Å²) >= 11 is 0. The third-order valence-electron chi connectivity index (χ3n) is 5.34. The number of furan rings is 1. The summed E-state index contributed by atoms with van der Waals surface area (Å²) in [6.45, 7) is 3.92. The van der Waals surface area contributed by atoms with Crippen molar-refractivity contribution in [3.05, 3.63) is 69.9 Å². The van der Waals surface area contributed by atoms with E-state index >= 15 is 0 Å². The zero-order valence-electron chi connectivity index (χ0n) is 16.3. The quantitative estimate of drug-likeness (QED) is 0.737. The molecule has 2 amide bonds. The molecule has 0 atom stereocenters. The molecular weight excluding hydrogens is 370 g/mol. The van der Waals surface area contributed by atoms with Crippen LogP contribution in [0.5, 0.6) is 0 Å². The van der Waals surface area contributed by atoms with Gasteiger partial charge in [0.05, 0.1) is 6.26 Å². The molecule has 0 bridgehead atoms. The summed E-state index contributed by atoms with van der Waals surface area (Å²) in [4.78, 5) is 43.5. The van der Waals surface area contributed by atoms with E-state index in [1.807, 2.05) is 31.2 Å². The minimum atomic E-state index is -0.153. The molecule has 1 aliphatic heterocycles. The Balaban J connectivity index is 1.35. The standard InChI is InChI=1S/C22H23N3O4/c1-15-4-6-18-17(13-15)14-16(21(27)23-18)5-7-20(26)24-8-10-25(11-9-24)22(28)19-3-2-12-29-19/h2-4,6,12-14H,5,7-11H2,1H3,(H,23,27). The summed E-state index contributed by atoms with van der Waals surface area (Å²) < 4.78 is 5.16. The van der Waals surface area contributed by atoms with E-state index in [9.17, 15) is 14.4 Å². The van der Waals surface area contributed by atoms with Crippen LogP contribution in [0.4, 0.5) is 0 Å². The van der Waals surface area contributed by atoms with E-state index in [4.69, 9.17) is 4.42 Å². The zero-order chi connectivity index (χ0) is 20.4. The van der Waals surface area contributed by atoms with Gasteiger partial charge in [-0.3, -0.25) is 14.4 Å². The molecule has 3 aromatic rings. The first-order valence-corrected chi connectivity index (χ1v) is 9.74. The molecule has 7 nitrogen and oxygen atoms in total. The van der Waals surface area contributed by atoms with Crippen LogP contribution in [-0.2, 0) is 11.2 Å². The fourth-order valence-electron chi connectivity index (χ4n) is 3.67. The van der Waals surface area contributed by atoms with Gasteiger partial charge in [-0.25, -0.2) is 0 Å². The Morgan fingerprint density at radius 1 is 1.07 bits per heavy atom. The van der Waals surface area contributed by atoms with Crippen molar-refractivity contribution in [3.8, 4) is 0 Å². The van der Waals surface area contributed by atoms with Crippen LogP contribution in [-0.4, -0.2) is 52.8 Å². The zero-order valence-corrected chi connectivity index (χ0v) is 16.3. The maximum absolute atomic E-state index is 12.6. The van der Waals surface area contributed by atoms with Gasteiger partial charge in [0.15, 0.2) is 5.76 Å². The SMILES string of the molecule is Cc1ccc2[nH]c(=O)c(CCC(=O)N3CCN(C(=O)c4ccco4)CC3)cc2c1. The number of piperazine rings is 1. The summed E-state index contributed by atoms with van der Waals surface area (Å²) in [5, 5.41) is 0.970. The number of hydrogen-bond donors (Lipinski definition) is 1. The molecule has 4 rings (SSSR count). The van der Waals surface area contributed by atoms with Crippen LogP contribution in [0.2, 0.25) is 0 Å². The molecule has 0 spiro atoms. The Hall–Kier alpha value is -3.35. The molecule has 0 saturated carbocycles. The number of pyridine rings is 1. The Morgan fingerprint density at radius 3 is 2.55 bits per heavy atom. The average molecular weight is 393 g/mol. The van der Waals surface area contributed by atoms with Gasteiger partial charge in [-0.1, -0.05) is 11.6 Å². The second-order valence-electron chi connectivity index (χ2n) is 7.36. The van der Waals surface area contributed by atoms with E-state index < -0.39 is 0 Å². The maximum atomic E-state index is 12.6. The van der Waals surface area contributed by atoms with Crippen LogP contribution in [0.25, 0.3) is 10.9 Å². The lowest BCUT2D eigenvalue weighted by atomic mass is 10.1. The summed E-state index contributed by atoms with van der Waals surface area (Å²) in [6.07, 6.45) is 2.14. The highest BCUT2D eigenvalue weighted by Crippen LogP contribution is 2.15. The molecule has 1 aliphatic rings. The number of aryl methyl sites for hydroxylation is 2. The fraction of sp³-hybridized carbons (Fsp3) is 0.318. The smallest absolute Gasteiger partial charge is 0.289 e. The van der Waals surface area contributed by atoms with Crippen molar-refractivity contribution in [2.75, 3.05) is 26.2 Å². The molecule has 29 heavy (non-hydrogen) atoms. The topological polar surface area (TPSA) is 86.6 Å². The molecule has 1 saturated heterocycles. The number of carbonyl (C=O) groups is 2. The third kappa shape index (κ3) is 4.08. The number of amides is 2. The molecular formula is C22H23N3O4. The van der Waals surface area contributed by atoms with E-state index in [0.717, 1.165) is 16.5 Å². The largest absolute Gasteiger partial charge is 0.459 e. The van der Waals surface area contributed by atoms with Crippen molar-refractivity contribution in [2.45, 2.75) is 19.8 Å². The second kappa shape index (κ2) is 7.95. The molecule has 1 aromatic carbocycles. The van der Waals surface area contributed by atoms with Gasteiger partial charge >= 0.3 is 0 Å². The van der Waals surface area contributed by atoms with Gasteiger partial charge in [-0.15, -0.1) is 0 Å². The fourth-order valence-corrected chi connectivity index (χ4v) is 3.67. The highest BCUT2D eigenvalue weighted by Gasteiger charge is 2.25. The van der Waals surface area contributed by atoms with Crippen LogP contribution in [0.3, 0.4) is 0 Å². The van der Waals surface area contributed by atoms with Crippen LogP contribution < -0.4 is 5.56 Å². The van der Waals surface area contributed by atoms with Crippen molar-refractivity contribution in [2.24, 2.45) is 0 Å². The monoisotopic (exact) mass is 393 g/mol. The number of aromatic nitrogens is 1. The van der Waals surface area contributed by atoms with Gasteiger partial charge in [0.1, 0.15) is 0 Å². The van der Waals surface area contributed by atoms with Crippen LogP contribution in [0.15, 0.2) is 51.9 Å². The van der Waals surface area contributed by atoms with E-state index in [2.05, 4.69) is 4.98 Å². The summed E-state index contributed by atoms with van der Waals surface area (Å²) in [6, 6.07) is 11.1. The van der Waals surface area contributed by atoms with E-state index in [0.29, 0.717) is 43.9 Å². The number of hydrogen-bond acceptors (Lipinski definition) is 4. The number of carbonyl (C=O) groups excluding carboxylic acids is 2. The summed E-state index contributed by atoms with van der Waals surface area (Å²) in [7, 11) is 0. The lowest BCUT2D eigenvalue weighted by Crippen LogP contribution is -2.50. The average Bonchev–Trinajstić information content (AvgIpc) is 3.27. The Labute approximate surface area is 167 Å². The Kier molecular flexibility index (Phi) is 5.20. The lowest BCUT2D eigenvalue weighted by Gasteiger charge is -2.34. The first-order valence-electron chi connectivity index (χ1n) is 9.74. The highest BCUT2D eigenvalue weighted by molar-refractivity contribution is 5.91. The molecule has 0 unspecified atom stereocenters. The molecule has 1 fully saturated rings. The number of nitrogens with one attached hydrogen (secondary N) is 1. The van der Waals surface area contributed by atoms with Gasteiger partial charge in [0.2, 0.25) is 5.91 Å². The van der Waals surface area contributed by atoms with E-state index in [1.165, 1.54) is 6.26 Å². The van der Waals surface area contributed by atoms with Gasteiger partial charge in [-0.05, 0) is 49.1 Å². The molecule has 1 N–H and O–H groups in total. The van der Waals surface area contributed by atoms with E-state index in [-0.39, 0.29) is 23.8 Å². The first-order chi connectivity index (χ1) is 14.0. The van der Waals surface area contributed by atoms with Crippen molar-refractivity contribution in [1.29, 1.82) is 0 Å². The summed E-state index contributed by atoms with van der Waals surface area (Å²) in [5.41, 5.74) is 2.38. The predicted molar refractivity (Wildman–Crippen MR) is 109 cm³/mol. The molecule has 3 heterocycles. The molecule has 2 aromatic heterocycles. The highest BCUT2D eigenvalue weighted by atomic mass is 16.3. The summed E-state index contributed by atoms with van der Waals surface area (Å²) in [5.74, 6) is 0.162. The van der Waals surface area contributed by atoms with Gasteiger partial charge in [0, 0.05) is 43.7 Å². The van der Waals surface area contributed by atoms with Crippen molar-refractivity contribution >= 4 is 22.7 Å². The van der Waals surface area contributed by atoms with Gasteiger partial charge < -0.3 is 19.2 Å². The van der Waals surface area contributed by atoms with Gasteiger partial charge in [0.25, 0.3) is 11.5 Å². The number of benzene rings is 1. The maximum Gasteiger partial charge on any atom is 0.289 e. The predicted octanol–water partition coefficient (Wildman–Crippen LogP) is 2.35. The van der Waals surface area contributed by atoms with Crippen LogP contribution >= 0.6 is 0 Å². The number of fused-ring (bicyclic) bond motifs is 1. The molecule has 150 valence electrons. The van der Waals surface area contributed by atoms with Crippen LogP contribution in [0.1, 0.15) is 28.1 Å². The molecule has 0 aliphatic carbocycles. The van der Waals surface area contributed by atoms with Crippen LogP contribution in [0, 0.1) is 6.92 Å². The van der Waals surface area contributed by atoms with Crippen molar-refractivity contribution < 1.29 is 14.0 Å². The van der Waals surface area contributed by atoms with Crippen molar-refractivity contribution in [3.63, 3.8) is 0 Å². The third-order valence-corrected chi connectivity index (χ3v) is 5.34. The van der Waals surface area contributed by atoms with E-state index in [1.54, 1.807) is 21.9 Å². The lowest BCUT2D eigenvalue weighted by molar-refractivity contribution is -0.132. The van der Waals surface area contributed by atoms with Crippen molar-refractivity contribution in [1.82, 2.24) is 14.8 Å². The minimum Gasteiger partial charge on any atom is -0.459 e. The molecule has 7 heteroatoms. The normalized spacial score (nSPS) is 14.4. The first kappa shape index (κ1) is 19.0. The van der Waals surface area contributed by atoms with Gasteiger partial charge in [-0.2, -0.15) is 0 Å². The Morgan fingerprint density at radius 2 is 1.83 bits per heavy atom.